The molecule has 1 heterocycles. The van der Waals surface area contributed by atoms with Crippen LogP contribution in [-0.2, 0) is 4.79 Å². The molecule has 0 aromatic rings. The van der Waals surface area contributed by atoms with Crippen LogP contribution < -0.4 is 5.32 Å². The zero-order chi connectivity index (χ0) is 7.14. The highest BCUT2D eigenvalue weighted by molar-refractivity contribution is 14.1. The lowest BCUT2D eigenvalue weighted by atomic mass is 10.1. The van der Waals surface area contributed by atoms with Crippen LogP contribution in [0.25, 0.3) is 0 Å². The first-order valence-electron chi connectivity index (χ1n) is 3.71. The van der Waals surface area contributed by atoms with Gasteiger partial charge in [-0.15, -0.1) is 0 Å². The molecule has 2 aliphatic rings. The molecule has 56 valence electrons. The molecule has 1 saturated carbocycles. The number of fused-ring (bicyclic) bond motifs is 1. The summed E-state index contributed by atoms with van der Waals surface area (Å²) in [5.74, 6) is 0.922. The third-order valence-electron chi connectivity index (χ3n) is 2.49. The van der Waals surface area contributed by atoms with Gasteiger partial charge < -0.3 is 5.32 Å². The molecule has 1 amide bonds. The van der Waals surface area contributed by atoms with Crippen molar-refractivity contribution in [2.45, 2.75) is 29.2 Å². The second-order valence-electron chi connectivity index (χ2n) is 3.15. The number of hydrogen-bond donors (Lipinski definition) is 1. The summed E-state index contributed by atoms with van der Waals surface area (Å²) in [4.78, 5) is 10.9. The minimum absolute atomic E-state index is 0.261. The van der Waals surface area contributed by atoms with Gasteiger partial charge in [0.2, 0.25) is 5.91 Å². The van der Waals surface area contributed by atoms with Gasteiger partial charge in [0.05, 0.1) is 0 Å². The highest BCUT2D eigenvalue weighted by Crippen LogP contribution is 2.36. The number of amides is 1. The standard InChI is InChI=1S/C7H10INO/c8-5-2-1-4-3-6(10)9-7(4)5/h4-5,7H,1-3H2,(H,9,10). The van der Waals surface area contributed by atoms with Crippen molar-refractivity contribution in [3.63, 3.8) is 0 Å². The molecule has 0 radical (unpaired) electrons. The van der Waals surface area contributed by atoms with Gasteiger partial charge in [0.1, 0.15) is 0 Å². The molecule has 10 heavy (non-hydrogen) atoms. The summed E-state index contributed by atoms with van der Waals surface area (Å²) in [6.07, 6.45) is 3.32. The molecular weight excluding hydrogens is 241 g/mol. The van der Waals surface area contributed by atoms with E-state index in [2.05, 4.69) is 27.9 Å². The van der Waals surface area contributed by atoms with E-state index in [9.17, 15) is 4.79 Å². The van der Waals surface area contributed by atoms with Crippen LogP contribution in [0.2, 0.25) is 0 Å². The number of halogens is 1. The number of carbonyl (C=O) groups is 1. The topological polar surface area (TPSA) is 29.1 Å². The number of carbonyl (C=O) groups excluding carboxylic acids is 1. The van der Waals surface area contributed by atoms with Crippen LogP contribution in [0.5, 0.6) is 0 Å². The Kier molecular flexibility index (Phi) is 1.62. The van der Waals surface area contributed by atoms with E-state index in [1.165, 1.54) is 12.8 Å². The second-order valence-corrected chi connectivity index (χ2v) is 4.75. The van der Waals surface area contributed by atoms with E-state index in [0.717, 1.165) is 6.42 Å². The van der Waals surface area contributed by atoms with E-state index in [0.29, 0.717) is 15.9 Å². The van der Waals surface area contributed by atoms with Crippen molar-refractivity contribution in [2.75, 3.05) is 0 Å². The van der Waals surface area contributed by atoms with Crippen LogP contribution >= 0.6 is 22.6 Å². The van der Waals surface area contributed by atoms with Gasteiger partial charge in [-0.25, -0.2) is 0 Å². The van der Waals surface area contributed by atoms with Crippen LogP contribution in [0.3, 0.4) is 0 Å². The van der Waals surface area contributed by atoms with Gasteiger partial charge in [-0.1, -0.05) is 22.6 Å². The molecule has 0 spiro atoms. The molecule has 0 aromatic carbocycles. The van der Waals surface area contributed by atoms with Crippen molar-refractivity contribution in [3.05, 3.63) is 0 Å². The SMILES string of the molecule is O=C1CC2CCC(I)C2N1. The number of hydrogen-bond acceptors (Lipinski definition) is 1. The average molecular weight is 251 g/mol. The summed E-state index contributed by atoms with van der Waals surface area (Å²) >= 11 is 2.44. The molecule has 0 bridgehead atoms. The normalized spacial score (nSPS) is 45.3. The van der Waals surface area contributed by atoms with E-state index in [4.69, 9.17) is 0 Å². The summed E-state index contributed by atoms with van der Waals surface area (Å²) < 4.78 is 0.689. The third-order valence-corrected chi connectivity index (χ3v) is 3.88. The lowest BCUT2D eigenvalue weighted by Crippen LogP contribution is -2.32. The van der Waals surface area contributed by atoms with Crippen LogP contribution in [-0.4, -0.2) is 15.9 Å². The summed E-state index contributed by atoms with van der Waals surface area (Å²) in [6.45, 7) is 0. The fourth-order valence-corrected chi connectivity index (χ4v) is 3.07. The van der Waals surface area contributed by atoms with Crippen LogP contribution in [0.4, 0.5) is 0 Å². The highest BCUT2D eigenvalue weighted by atomic mass is 127. The van der Waals surface area contributed by atoms with Crippen molar-refractivity contribution >= 4 is 28.5 Å². The van der Waals surface area contributed by atoms with E-state index in [1.54, 1.807) is 0 Å². The predicted octanol–water partition coefficient (Wildman–Crippen LogP) is 1.09. The first kappa shape index (κ1) is 6.88. The summed E-state index contributed by atoms with van der Waals surface area (Å²) in [5.41, 5.74) is 0. The van der Waals surface area contributed by atoms with E-state index < -0.39 is 0 Å². The highest BCUT2D eigenvalue weighted by Gasteiger charge is 2.41. The van der Waals surface area contributed by atoms with Gasteiger partial charge >= 0.3 is 0 Å². The zero-order valence-electron chi connectivity index (χ0n) is 5.64. The summed E-state index contributed by atoms with van der Waals surface area (Å²) in [7, 11) is 0. The molecule has 1 N–H and O–H groups in total. The molecule has 2 nitrogen and oxygen atoms in total. The van der Waals surface area contributed by atoms with E-state index in [-0.39, 0.29) is 5.91 Å². The quantitative estimate of drug-likeness (QED) is 0.506. The minimum Gasteiger partial charge on any atom is -0.352 e. The molecule has 3 atom stereocenters. The molecular formula is C7H10INO. The molecule has 1 aliphatic heterocycles. The van der Waals surface area contributed by atoms with Gasteiger partial charge in [-0.2, -0.15) is 0 Å². The number of nitrogens with one attached hydrogen (secondary N) is 1. The Morgan fingerprint density at radius 3 is 3.00 bits per heavy atom. The predicted molar refractivity (Wildman–Crippen MR) is 47.1 cm³/mol. The molecule has 1 saturated heterocycles. The molecule has 0 aromatic heterocycles. The maximum absolute atomic E-state index is 10.9. The van der Waals surface area contributed by atoms with Gasteiger partial charge in [0, 0.05) is 16.4 Å². The lowest BCUT2D eigenvalue weighted by Gasteiger charge is -2.11. The zero-order valence-corrected chi connectivity index (χ0v) is 7.80. The monoisotopic (exact) mass is 251 g/mol. The van der Waals surface area contributed by atoms with Gasteiger partial charge in [0.15, 0.2) is 0 Å². The fourth-order valence-electron chi connectivity index (χ4n) is 1.95. The van der Waals surface area contributed by atoms with Crippen LogP contribution in [0, 0.1) is 5.92 Å². The summed E-state index contributed by atoms with van der Waals surface area (Å²) in [6, 6.07) is 0.507. The Balaban J connectivity index is 2.12. The molecule has 3 heteroatoms. The Morgan fingerprint density at radius 2 is 2.30 bits per heavy atom. The Hall–Kier alpha value is 0.200. The van der Waals surface area contributed by atoms with Gasteiger partial charge in [-0.05, 0) is 18.8 Å². The molecule has 1 aliphatic carbocycles. The summed E-state index contributed by atoms with van der Waals surface area (Å²) in [5, 5.41) is 3.02. The Bertz CT molecular complexity index is 171. The van der Waals surface area contributed by atoms with E-state index in [1.807, 2.05) is 0 Å². The second kappa shape index (κ2) is 2.36. The van der Waals surface area contributed by atoms with Gasteiger partial charge in [-0.3, -0.25) is 4.79 Å². The Morgan fingerprint density at radius 1 is 1.50 bits per heavy atom. The maximum Gasteiger partial charge on any atom is 0.220 e. The van der Waals surface area contributed by atoms with Crippen LogP contribution in [0.1, 0.15) is 19.3 Å². The van der Waals surface area contributed by atoms with Crippen molar-refractivity contribution in [3.8, 4) is 0 Å². The van der Waals surface area contributed by atoms with E-state index >= 15 is 0 Å². The maximum atomic E-state index is 10.9. The number of rotatable bonds is 0. The Labute approximate surface area is 73.9 Å². The van der Waals surface area contributed by atoms with Crippen LogP contribution in [0.15, 0.2) is 0 Å². The largest absolute Gasteiger partial charge is 0.352 e. The average Bonchev–Trinajstić information content (AvgIpc) is 2.35. The molecule has 2 fully saturated rings. The van der Waals surface area contributed by atoms with Crippen molar-refractivity contribution in [1.29, 1.82) is 0 Å². The number of alkyl halides is 1. The van der Waals surface area contributed by atoms with Crippen molar-refractivity contribution < 1.29 is 4.79 Å². The minimum atomic E-state index is 0.261. The van der Waals surface area contributed by atoms with Crippen molar-refractivity contribution in [2.24, 2.45) is 5.92 Å². The molecule has 3 unspecified atom stereocenters. The van der Waals surface area contributed by atoms with Gasteiger partial charge in [0.25, 0.3) is 0 Å². The first-order chi connectivity index (χ1) is 4.77. The third kappa shape index (κ3) is 0.946. The smallest absolute Gasteiger partial charge is 0.220 e. The lowest BCUT2D eigenvalue weighted by molar-refractivity contribution is -0.119. The first-order valence-corrected chi connectivity index (χ1v) is 4.95. The molecule has 2 rings (SSSR count). The van der Waals surface area contributed by atoms with Crippen molar-refractivity contribution in [1.82, 2.24) is 5.32 Å². The fraction of sp³-hybridized carbons (Fsp3) is 0.857.